The lowest BCUT2D eigenvalue weighted by atomic mass is 9.98. The van der Waals surface area contributed by atoms with Gasteiger partial charge < -0.3 is 84.9 Å². The van der Waals surface area contributed by atoms with Crippen LogP contribution in [-0.4, -0.2) is 192 Å². The molecule has 0 saturated carbocycles. The Morgan fingerprint density at radius 2 is 1.09 bits per heavy atom. The summed E-state index contributed by atoms with van der Waals surface area (Å²) in [6.07, 6.45) is -2.89. The number of fused-ring (bicyclic) bond motifs is 6. The van der Waals surface area contributed by atoms with E-state index in [0.29, 0.717) is 27.1 Å². The summed E-state index contributed by atoms with van der Waals surface area (Å²) in [7, 11) is 0. The summed E-state index contributed by atoms with van der Waals surface area (Å²) in [5, 5.41) is 55.0. The first-order valence-corrected chi connectivity index (χ1v) is 34.4. The van der Waals surface area contributed by atoms with Gasteiger partial charge in [-0.05, 0) is 94.8 Å². The van der Waals surface area contributed by atoms with Crippen LogP contribution in [0.25, 0.3) is 21.5 Å². The second kappa shape index (κ2) is 36.9. The molecule has 103 heavy (non-hydrogen) atoms. The van der Waals surface area contributed by atoms with Gasteiger partial charge in [0.1, 0.15) is 60.4 Å². The minimum atomic E-state index is -2.06. The van der Waals surface area contributed by atoms with Gasteiger partial charge in [0.2, 0.25) is 76.8 Å². The molecule has 10 atom stereocenters. The van der Waals surface area contributed by atoms with E-state index in [9.17, 15) is 48.3 Å². The Labute approximate surface area is 598 Å². The second-order valence-corrected chi connectivity index (χ2v) is 26.5. The Kier molecular flexibility index (Phi) is 27.8. The lowest BCUT2D eigenvalue weighted by Gasteiger charge is -2.31. The Balaban J connectivity index is 1.24. The zero-order valence-corrected chi connectivity index (χ0v) is 57.9. The summed E-state index contributed by atoms with van der Waals surface area (Å²) in [6, 6.07) is 14.7. The number of carbonyl (C=O) groups excluding carboxylic acids is 13. The molecule has 3 fully saturated rings. The number of halogens is 1. The predicted molar refractivity (Wildman–Crippen MR) is 377 cm³/mol. The van der Waals surface area contributed by atoms with Crippen LogP contribution in [0.15, 0.2) is 109 Å². The molecule has 548 valence electrons. The lowest BCUT2D eigenvalue weighted by molar-refractivity contribution is -0.145. The largest absolute Gasteiger partial charge is 0.480 e. The smallest absolute Gasteiger partial charge is 0.328 e. The van der Waals surface area contributed by atoms with Crippen LogP contribution in [0.5, 0.6) is 0 Å². The number of rotatable bonds is 14. The third-order valence-electron chi connectivity index (χ3n) is 17.6. The van der Waals surface area contributed by atoms with E-state index >= 15 is 24.0 Å². The van der Waals surface area contributed by atoms with Crippen molar-refractivity contribution in [1.29, 1.82) is 5.41 Å². The molecule has 3 heterocycles. The molecule has 5 aromatic rings. The molecule has 0 radical (unpaired) electrons. The Hall–Kier alpha value is -11.2. The van der Waals surface area contributed by atoms with Crippen molar-refractivity contribution in [3.8, 4) is 0 Å². The van der Waals surface area contributed by atoms with Crippen LogP contribution in [0, 0.1) is 11.3 Å². The first-order valence-electron chi connectivity index (χ1n) is 34.0. The van der Waals surface area contributed by atoms with Gasteiger partial charge in [0, 0.05) is 57.4 Å². The summed E-state index contributed by atoms with van der Waals surface area (Å²) < 4.78 is 0. The first kappa shape index (κ1) is 77.5. The maximum atomic E-state index is 15.4. The molecule has 32 heteroatoms. The normalized spacial score (nSPS) is 23.8. The van der Waals surface area contributed by atoms with Gasteiger partial charge in [-0.25, -0.2) is 4.79 Å². The first-order chi connectivity index (χ1) is 49.2. The van der Waals surface area contributed by atoms with Crippen LogP contribution in [0.4, 0.5) is 0 Å². The Morgan fingerprint density at radius 1 is 0.573 bits per heavy atom. The molecule has 0 spiro atoms. The molecule has 8 rings (SSSR count). The van der Waals surface area contributed by atoms with Gasteiger partial charge in [0.05, 0.1) is 19.4 Å². The third-order valence-corrected chi connectivity index (χ3v) is 17.8. The van der Waals surface area contributed by atoms with Crippen molar-refractivity contribution >= 4 is 122 Å². The molecule has 2 bridgehead atoms. The number of hydrogen-bond donors (Lipinski definition) is 16. The van der Waals surface area contributed by atoms with E-state index in [1.165, 1.54) is 17.0 Å². The number of hydrogen-bond acceptors (Lipinski definition) is 15. The lowest BCUT2D eigenvalue weighted by Crippen LogP contribution is -2.61. The third kappa shape index (κ3) is 23.1. The number of nitrogens with zero attached hydrogens (tertiary/aromatic N) is 1. The zero-order chi connectivity index (χ0) is 74.4. The fraction of sp³-hybridized carbons (Fsp3) is 0.423. The highest BCUT2D eigenvalue weighted by Crippen LogP contribution is 2.23. The fourth-order valence-electron chi connectivity index (χ4n) is 12.3. The van der Waals surface area contributed by atoms with Crippen LogP contribution >= 0.6 is 11.6 Å². The Bertz CT molecular complexity index is 4030. The second-order valence-electron chi connectivity index (χ2n) is 26.1. The Morgan fingerprint density at radius 3 is 1.68 bits per heavy atom. The maximum absolute atomic E-state index is 15.4. The van der Waals surface area contributed by atoms with Crippen molar-refractivity contribution in [2.24, 2.45) is 11.7 Å². The highest BCUT2D eigenvalue weighted by Gasteiger charge is 2.41. The molecule has 5 aromatic carbocycles. The van der Waals surface area contributed by atoms with E-state index in [2.05, 4.69) is 69.1 Å². The standard InChI is InChI=1S/C71H87ClN16O15/c1-38(2)28-50-62(94)81-49(14-8-25-76-71(73)74)69(101)88-27-9-15-57(88)68(100)87-56(70(102)103)36-77-58(90)35-55-67(99)80-48(61(93)83-52(64(96)82-50)32-41-16-20-43-10-4-6-12-45(43)29-41)24-26-75-60(92)37-78-59(91)34-54(79-39(3)89)66(98)84-51(31-40-18-22-47(72)23-19-40)63(95)85-53(65(97)86-55)33-42-17-21-44-11-5-7-13-46(44)30-42/h4-7,10-13,16-23,29-30,38,48-57H,8-9,14-15,24-28,31-37H2,1-3H3,(H,75,92)(H,77,90)(H,78,91)(H,79,89)(H,80,99)(H,81,94)(H,82,96)(H,83,93)(H,84,98)(H,85,95)(H,86,97)(H,87,100)(H,102,103)(H4,73,74,76)/t48-,49-,50-,51+,52+,53+,54-,55-,56-,57-/m0/s1. The topological polar surface area (TPSA) is 469 Å². The van der Waals surface area contributed by atoms with E-state index in [1.807, 2.05) is 30.3 Å². The van der Waals surface area contributed by atoms with E-state index in [1.54, 1.807) is 80.6 Å². The van der Waals surface area contributed by atoms with Crippen molar-refractivity contribution in [3.63, 3.8) is 0 Å². The van der Waals surface area contributed by atoms with Crippen LogP contribution in [-0.2, 0) is 86.4 Å². The van der Waals surface area contributed by atoms with E-state index < -0.39 is 182 Å². The monoisotopic (exact) mass is 1440 g/mol. The van der Waals surface area contributed by atoms with Crippen molar-refractivity contribution in [2.45, 2.75) is 152 Å². The molecule has 17 N–H and O–H groups in total. The highest BCUT2D eigenvalue weighted by molar-refractivity contribution is 6.30. The zero-order valence-electron chi connectivity index (χ0n) is 57.1. The quantitative estimate of drug-likeness (QED) is 0.0360. The highest BCUT2D eigenvalue weighted by atomic mass is 35.5. The average molecular weight is 1440 g/mol. The van der Waals surface area contributed by atoms with Crippen molar-refractivity contribution in [3.05, 3.63) is 131 Å². The number of aliphatic carboxylic acids is 1. The van der Waals surface area contributed by atoms with Gasteiger partial charge >= 0.3 is 5.97 Å². The summed E-state index contributed by atoms with van der Waals surface area (Å²) in [6.45, 7) is 2.63. The van der Waals surface area contributed by atoms with Crippen LogP contribution in [0.1, 0.15) is 88.8 Å². The summed E-state index contributed by atoms with van der Waals surface area (Å²) in [5.74, 6) is -15.0. The SMILES string of the molecule is CC(=O)N[C@H]1CC(=O)NCC(=O)NCC[C@@H]2NC(=O)[C@H](CC(=O)NC[C@@H](C(=O)O)NC(=O)[C@@H]3CCCN3C(=O)[C@H](CCCNC(=N)N)NC(=O)[C@H](CC(C)C)NC(=O)[C@@H](Cc3ccc4ccccc4c3)NC2=O)NC(=O)[C@@H](Cc2ccc3ccccc3c2)NC(=O)[C@@H](Cc2ccc(Cl)cc2)NC1=O. The molecule has 0 aliphatic carbocycles. The van der Waals surface area contributed by atoms with Gasteiger partial charge in [-0.3, -0.25) is 67.7 Å². The number of amides is 13. The van der Waals surface area contributed by atoms with Crippen LogP contribution in [0.3, 0.4) is 0 Å². The number of carboxylic acids is 1. The number of nitrogens with one attached hydrogen (secondary N) is 14. The fourth-order valence-corrected chi connectivity index (χ4v) is 12.4. The number of guanidine groups is 1. The molecule has 0 unspecified atom stereocenters. The average Bonchev–Trinajstić information content (AvgIpc) is 1.82. The van der Waals surface area contributed by atoms with Crippen molar-refractivity contribution < 1.29 is 72.2 Å². The summed E-state index contributed by atoms with van der Waals surface area (Å²) in [5.41, 5.74) is 6.93. The summed E-state index contributed by atoms with van der Waals surface area (Å²) in [4.78, 5) is 203. The molecule has 3 aliphatic rings. The van der Waals surface area contributed by atoms with Crippen LogP contribution in [0.2, 0.25) is 5.02 Å². The van der Waals surface area contributed by atoms with Gasteiger partial charge in [0.15, 0.2) is 5.96 Å². The summed E-state index contributed by atoms with van der Waals surface area (Å²) >= 11 is 6.23. The number of carboxylic acid groups (broad SMARTS) is 1. The van der Waals surface area contributed by atoms with Gasteiger partial charge in [-0.2, -0.15) is 0 Å². The molecule has 0 aromatic heterocycles. The van der Waals surface area contributed by atoms with E-state index in [0.717, 1.165) is 23.1 Å². The molecular formula is C71H87ClN16O15. The van der Waals surface area contributed by atoms with Crippen molar-refractivity contribution in [1.82, 2.24) is 74.0 Å². The molecule has 13 amide bonds. The van der Waals surface area contributed by atoms with Gasteiger partial charge in [-0.15, -0.1) is 0 Å². The molecular weight excluding hydrogens is 1350 g/mol. The van der Waals surface area contributed by atoms with E-state index in [-0.39, 0.29) is 76.3 Å². The number of carbonyl (C=O) groups is 14. The van der Waals surface area contributed by atoms with Gasteiger partial charge in [-0.1, -0.05) is 123 Å². The minimum absolute atomic E-state index is 0.0137. The molecule has 31 nitrogen and oxygen atoms in total. The van der Waals surface area contributed by atoms with Gasteiger partial charge in [0.25, 0.3) is 0 Å². The number of nitrogens with two attached hydrogens (primary N) is 1. The molecule has 3 aliphatic heterocycles. The molecule has 3 saturated heterocycles. The maximum Gasteiger partial charge on any atom is 0.328 e. The van der Waals surface area contributed by atoms with Crippen LogP contribution < -0.4 is 74.9 Å². The van der Waals surface area contributed by atoms with Crippen molar-refractivity contribution in [2.75, 3.05) is 32.7 Å². The predicted octanol–water partition coefficient (Wildman–Crippen LogP) is -1.01. The minimum Gasteiger partial charge on any atom is -0.480 e. The number of benzene rings is 5. The van der Waals surface area contributed by atoms with E-state index in [4.69, 9.17) is 22.7 Å².